The van der Waals surface area contributed by atoms with Crippen molar-refractivity contribution < 1.29 is 67.4 Å². The molecule has 0 aliphatic heterocycles. The predicted molar refractivity (Wildman–Crippen MR) is 170 cm³/mol. The summed E-state index contributed by atoms with van der Waals surface area (Å²) in [7, 11) is 0. The van der Waals surface area contributed by atoms with Gasteiger partial charge in [0.2, 0.25) is 0 Å². The van der Waals surface area contributed by atoms with E-state index in [2.05, 4.69) is 11.9 Å². The van der Waals surface area contributed by atoms with E-state index in [1.54, 1.807) is 34.6 Å². The number of aliphatic hydroxyl groups excluding tert-OH is 2. The van der Waals surface area contributed by atoms with Crippen LogP contribution < -0.4 is 5.32 Å². The van der Waals surface area contributed by atoms with Crippen LogP contribution in [0.5, 0.6) is 0 Å². The molecule has 0 saturated carbocycles. The molecular formula is C31H51NO14S. The van der Waals surface area contributed by atoms with Crippen molar-refractivity contribution >= 4 is 47.7 Å². The van der Waals surface area contributed by atoms with Crippen LogP contribution >= 0.6 is 11.8 Å². The van der Waals surface area contributed by atoms with Crippen molar-refractivity contribution in [3.8, 4) is 0 Å². The zero-order valence-corrected chi connectivity index (χ0v) is 29.3. The number of aliphatic hydroxyl groups is 2. The van der Waals surface area contributed by atoms with Crippen LogP contribution in [0.2, 0.25) is 0 Å². The first kappa shape index (κ1) is 43.6. The Morgan fingerprint density at radius 1 is 0.787 bits per heavy atom. The number of hydrogen-bond acceptors (Lipinski definition) is 15. The van der Waals surface area contributed by atoms with Crippen molar-refractivity contribution in [2.24, 2.45) is 16.2 Å². The summed E-state index contributed by atoms with van der Waals surface area (Å²) >= 11 is 1.04. The van der Waals surface area contributed by atoms with Crippen LogP contribution in [-0.2, 0) is 52.4 Å². The SMILES string of the molecule is C=C(C)C(=O)OCCNC(=O)OCCOC(=O)C(C)(C)CC(C)(CSCC(=O)OCC(O)COC(=O)C(C)(C)CC)C(=O)OCCO. The number of hydrogen-bond donors (Lipinski definition) is 3. The first-order chi connectivity index (χ1) is 21.8. The number of carbonyl (C=O) groups is 6. The van der Waals surface area contributed by atoms with Gasteiger partial charge in [0.1, 0.15) is 45.7 Å². The summed E-state index contributed by atoms with van der Waals surface area (Å²) in [4.78, 5) is 73.3. The Bertz CT molecular complexity index is 1080. The highest BCUT2D eigenvalue weighted by atomic mass is 32.2. The summed E-state index contributed by atoms with van der Waals surface area (Å²) in [6.07, 6.45) is -1.54. The Hall–Kier alpha value is -3.37. The van der Waals surface area contributed by atoms with Gasteiger partial charge in [-0.3, -0.25) is 19.2 Å². The van der Waals surface area contributed by atoms with E-state index in [9.17, 15) is 33.9 Å². The third-order valence-corrected chi connectivity index (χ3v) is 7.91. The number of alkyl carbamates (subject to hydrolysis) is 1. The largest absolute Gasteiger partial charge is 0.463 e. The molecule has 0 saturated heterocycles. The van der Waals surface area contributed by atoms with Crippen LogP contribution in [0, 0.1) is 16.2 Å². The Kier molecular flexibility index (Phi) is 20.0. The molecule has 2 unspecified atom stereocenters. The molecule has 3 N–H and O–H groups in total. The van der Waals surface area contributed by atoms with Crippen LogP contribution in [0.25, 0.3) is 0 Å². The Morgan fingerprint density at radius 3 is 1.96 bits per heavy atom. The van der Waals surface area contributed by atoms with Crippen LogP contribution in [0.1, 0.15) is 61.3 Å². The average Bonchev–Trinajstić information content (AvgIpc) is 3.00. The second-order valence-corrected chi connectivity index (χ2v) is 13.2. The number of amides is 1. The lowest BCUT2D eigenvalue weighted by atomic mass is 9.75. The maximum absolute atomic E-state index is 13.0. The fraction of sp³-hybridized carbons (Fsp3) is 0.742. The zero-order chi connectivity index (χ0) is 36.3. The minimum Gasteiger partial charge on any atom is -0.463 e. The minimum absolute atomic E-state index is 0.00217. The lowest BCUT2D eigenvalue weighted by molar-refractivity contribution is -0.163. The van der Waals surface area contributed by atoms with Crippen molar-refractivity contribution in [1.82, 2.24) is 5.32 Å². The van der Waals surface area contributed by atoms with E-state index in [0.717, 1.165) is 11.8 Å². The van der Waals surface area contributed by atoms with E-state index >= 15 is 0 Å². The summed E-state index contributed by atoms with van der Waals surface area (Å²) in [6.45, 7) is 12.8. The first-order valence-corrected chi connectivity index (χ1v) is 16.2. The van der Waals surface area contributed by atoms with Gasteiger partial charge in [-0.2, -0.15) is 0 Å². The molecule has 270 valence electrons. The van der Waals surface area contributed by atoms with Gasteiger partial charge in [-0.1, -0.05) is 13.5 Å². The number of nitrogens with one attached hydrogen (secondary N) is 1. The second-order valence-electron chi connectivity index (χ2n) is 12.3. The molecule has 0 spiro atoms. The summed E-state index contributed by atoms with van der Waals surface area (Å²) in [5.41, 5.74) is -3.01. The maximum atomic E-state index is 13.0. The third-order valence-electron chi connectivity index (χ3n) is 6.63. The summed E-state index contributed by atoms with van der Waals surface area (Å²) in [5, 5.41) is 21.5. The van der Waals surface area contributed by atoms with E-state index in [1.807, 2.05) is 6.92 Å². The molecule has 47 heavy (non-hydrogen) atoms. The fourth-order valence-corrected chi connectivity index (χ4v) is 4.65. The summed E-state index contributed by atoms with van der Waals surface area (Å²) in [6, 6.07) is 0. The molecule has 0 aromatic rings. The molecule has 1 amide bonds. The lowest BCUT2D eigenvalue weighted by Gasteiger charge is -2.34. The van der Waals surface area contributed by atoms with E-state index in [4.69, 9.17) is 33.5 Å². The van der Waals surface area contributed by atoms with Crippen LogP contribution in [-0.4, -0.2) is 117 Å². The number of ether oxygens (including phenoxy) is 6. The van der Waals surface area contributed by atoms with Crippen molar-refractivity contribution in [2.45, 2.75) is 67.4 Å². The Morgan fingerprint density at radius 2 is 1.36 bits per heavy atom. The van der Waals surface area contributed by atoms with E-state index in [-0.39, 0.29) is 63.1 Å². The summed E-state index contributed by atoms with van der Waals surface area (Å²) < 4.78 is 30.3. The molecule has 16 heteroatoms. The molecule has 0 aliphatic rings. The third kappa shape index (κ3) is 17.9. The molecular weight excluding hydrogens is 642 g/mol. The molecule has 0 heterocycles. The molecule has 0 bridgehead atoms. The van der Waals surface area contributed by atoms with Gasteiger partial charge in [-0.15, -0.1) is 11.8 Å². The van der Waals surface area contributed by atoms with Gasteiger partial charge in [-0.05, 0) is 54.4 Å². The van der Waals surface area contributed by atoms with Crippen molar-refractivity contribution in [1.29, 1.82) is 0 Å². The highest BCUT2D eigenvalue weighted by Crippen LogP contribution is 2.38. The maximum Gasteiger partial charge on any atom is 0.407 e. The highest BCUT2D eigenvalue weighted by Gasteiger charge is 2.44. The van der Waals surface area contributed by atoms with E-state index in [1.165, 1.54) is 6.92 Å². The molecule has 0 rings (SSSR count). The average molecular weight is 694 g/mol. The fourth-order valence-electron chi connectivity index (χ4n) is 3.63. The molecule has 0 aliphatic carbocycles. The topological polar surface area (TPSA) is 210 Å². The minimum atomic E-state index is -1.30. The van der Waals surface area contributed by atoms with Crippen LogP contribution in [0.15, 0.2) is 12.2 Å². The van der Waals surface area contributed by atoms with Gasteiger partial charge in [0.15, 0.2) is 0 Å². The van der Waals surface area contributed by atoms with Gasteiger partial charge < -0.3 is 44.0 Å². The smallest absolute Gasteiger partial charge is 0.407 e. The van der Waals surface area contributed by atoms with Gasteiger partial charge in [-0.25, -0.2) is 9.59 Å². The van der Waals surface area contributed by atoms with Gasteiger partial charge in [0.05, 0.1) is 35.1 Å². The number of rotatable bonds is 23. The first-order valence-electron chi connectivity index (χ1n) is 15.1. The van der Waals surface area contributed by atoms with Crippen molar-refractivity contribution in [3.05, 3.63) is 12.2 Å². The molecule has 0 radical (unpaired) electrons. The lowest BCUT2D eigenvalue weighted by Crippen LogP contribution is -2.41. The zero-order valence-electron chi connectivity index (χ0n) is 28.5. The van der Waals surface area contributed by atoms with Gasteiger partial charge >= 0.3 is 35.9 Å². The molecule has 0 aromatic heterocycles. The standard InChI is InChI=1S/C31H51NO14S/c1-9-29(4,5)25(37)46-17-22(34)16-45-23(35)18-47-20-31(8,27(39)42-13-11-33)19-30(6,7)26(38)43-14-15-44-28(40)32-10-12-41-24(36)21(2)3/h22,33-34H,2,9-20H2,1,3-8H3,(H,32,40). The molecule has 2 atom stereocenters. The number of esters is 5. The van der Waals surface area contributed by atoms with E-state index < -0.39 is 71.5 Å². The molecule has 0 aromatic carbocycles. The monoisotopic (exact) mass is 693 g/mol. The van der Waals surface area contributed by atoms with Gasteiger partial charge in [0.25, 0.3) is 0 Å². The predicted octanol–water partition coefficient (Wildman–Crippen LogP) is 1.95. The number of carbonyl (C=O) groups excluding carboxylic acids is 6. The van der Waals surface area contributed by atoms with E-state index in [0.29, 0.717) is 6.42 Å². The Labute approximate surface area is 280 Å². The molecule has 15 nitrogen and oxygen atoms in total. The number of thioether (sulfide) groups is 1. The van der Waals surface area contributed by atoms with Crippen LogP contribution in [0.4, 0.5) is 4.79 Å². The Balaban J connectivity index is 4.86. The second kappa shape index (κ2) is 21.5. The molecule has 0 fully saturated rings. The normalized spacial score (nSPS) is 13.3. The van der Waals surface area contributed by atoms with Gasteiger partial charge in [0, 0.05) is 11.3 Å². The summed E-state index contributed by atoms with van der Waals surface area (Å²) in [5.74, 6) is -3.30. The highest BCUT2D eigenvalue weighted by molar-refractivity contribution is 8.00. The van der Waals surface area contributed by atoms with Crippen LogP contribution in [0.3, 0.4) is 0 Å². The quantitative estimate of drug-likeness (QED) is 0.0604. The van der Waals surface area contributed by atoms with Crippen molar-refractivity contribution in [2.75, 3.05) is 64.3 Å². The van der Waals surface area contributed by atoms with Crippen molar-refractivity contribution in [3.63, 3.8) is 0 Å².